The Morgan fingerprint density at radius 1 is 1.56 bits per heavy atom. The first-order chi connectivity index (χ1) is 4.47. The predicted molar refractivity (Wildman–Crippen MR) is 33.5 cm³/mol. The number of azo groups is 1. The lowest BCUT2D eigenvalue weighted by Crippen LogP contribution is -1.72. The Bertz CT molecular complexity index is 253. The van der Waals surface area contributed by atoms with Crippen molar-refractivity contribution < 1.29 is 0 Å². The van der Waals surface area contributed by atoms with E-state index in [0.29, 0.717) is 6.54 Å². The van der Waals surface area contributed by atoms with Gasteiger partial charge in [-0.3, -0.25) is 0 Å². The monoisotopic (exact) mass is 117 g/mol. The average molecular weight is 117 g/mol. The van der Waals surface area contributed by atoms with E-state index in [1.54, 1.807) is 0 Å². The summed E-state index contributed by atoms with van der Waals surface area (Å²) in [5.41, 5.74) is 2.08. The van der Waals surface area contributed by atoms with Gasteiger partial charge >= 0.3 is 0 Å². The third-order valence-electron chi connectivity index (χ3n) is 1.32. The molecule has 0 aromatic heterocycles. The maximum absolute atomic E-state index is 3.89. The van der Waals surface area contributed by atoms with Crippen LogP contribution in [-0.4, -0.2) is 0 Å². The van der Waals surface area contributed by atoms with Crippen LogP contribution in [0.2, 0.25) is 0 Å². The molecular weight excluding hydrogens is 112 g/mol. The average Bonchev–Trinajstić information content (AvgIpc) is 2.33. The van der Waals surface area contributed by atoms with E-state index in [0.717, 1.165) is 11.3 Å². The van der Waals surface area contributed by atoms with Crippen LogP contribution >= 0.6 is 0 Å². The number of hydrogen-bond donors (Lipinski definition) is 0. The fourth-order valence-electron chi connectivity index (χ4n) is 0.865. The molecule has 0 saturated carbocycles. The summed E-state index contributed by atoms with van der Waals surface area (Å²) in [6, 6.07) is 8.81. The largest absolute Gasteiger partial charge is 0.184 e. The summed E-state index contributed by atoms with van der Waals surface area (Å²) in [7, 11) is 0. The van der Waals surface area contributed by atoms with Crippen molar-refractivity contribution in [2.45, 2.75) is 6.54 Å². The molecule has 0 spiro atoms. The van der Waals surface area contributed by atoms with E-state index in [1.165, 1.54) is 0 Å². The normalized spacial score (nSPS) is 13.8. The molecule has 43 valence electrons. The molecule has 1 radical (unpaired) electrons. The molecule has 0 amide bonds. The van der Waals surface area contributed by atoms with Gasteiger partial charge in [0.1, 0.15) is 0 Å². The summed E-state index contributed by atoms with van der Waals surface area (Å²) in [4.78, 5) is 0. The zero-order valence-corrected chi connectivity index (χ0v) is 4.83. The van der Waals surface area contributed by atoms with Gasteiger partial charge in [0.25, 0.3) is 0 Å². The molecule has 0 atom stereocenters. The van der Waals surface area contributed by atoms with E-state index in [2.05, 4.69) is 16.3 Å². The van der Waals surface area contributed by atoms with Gasteiger partial charge in [0.15, 0.2) is 0 Å². The number of benzene rings is 1. The first-order valence-corrected chi connectivity index (χ1v) is 2.84. The predicted octanol–water partition coefficient (Wildman–Crippen LogP) is 2.08. The first kappa shape index (κ1) is 4.68. The van der Waals surface area contributed by atoms with E-state index in [-0.39, 0.29) is 0 Å². The van der Waals surface area contributed by atoms with Crippen molar-refractivity contribution >= 4 is 5.69 Å². The van der Waals surface area contributed by atoms with Crippen LogP contribution in [-0.2, 0) is 6.54 Å². The molecule has 0 saturated heterocycles. The molecule has 0 aliphatic carbocycles. The van der Waals surface area contributed by atoms with Crippen LogP contribution in [0.1, 0.15) is 5.56 Å². The van der Waals surface area contributed by atoms with Crippen LogP contribution in [0.3, 0.4) is 0 Å². The van der Waals surface area contributed by atoms with Crippen molar-refractivity contribution in [2.24, 2.45) is 10.2 Å². The second-order valence-corrected chi connectivity index (χ2v) is 1.93. The lowest BCUT2D eigenvalue weighted by molar-refractivity contribution is 1.04. The molecule has 0 bridgehead atoms. The van der Waals surface area contributed by atoms with Gasteiger partial charge in [-0.15, -0.1) is 0 Å². The highest BCUT2D eigenvalue weighted by molar-refractivity contribution is 5.46. The van der Waals surface area contributed by atoms with E-state index >= 15 is 0 Å². The fourth-order valence-corrected chi connectivity index (χ4v) is 0.865. The molecule has 0 fully saturated rings. The maximum Gasteiger partial charge on any atom is 0.0910 e. The minimum Gasteiger partial charge on any atom is -0.184 e. The molecule has 0 unspecified atom stereocenters. The highest BCUT2D eigenvalue weighted by Gasteiger charge is 2.03. The molecule has 1 aromatic carbocycles. The van der Waals surface area contributed by atoms with Crippen molar-refractivity contribution in [3.63, 3.8) is 0 Å². The Morgan fingerprint density at radius 2 is 2.56 bits per heavy atom. The number of rotatable bonds is 0. The van der Waals surface area contributed by atoms with Crippen LogP contribution in [0.4, 0.5) is 5.69 Å². The van der Waals surface area contributed by atoms with Crippen LogP contribution < -0.4 is 0 Å². The quantitative estimate of drug-likeness (QED) is 0.497. The van der Waals surface area contributed by atoms with Crippen molar-refractivity contribution in [1.29, 1.82) is 0 Å². The van der Waals surface area contributed by atoms with Gasteiger partial charge in [-0.25, -0.2) is 0 Å². The minimum atomic E-state index is 0.705. The Morgan fingerprint density at radius 3 is 3.44 bits per heavy atom. The zero-order chi connectivity index (χ0) is 6.10. The molecule has 1 aliphatic heterocycles. The van der Waals surface area contributed by atoms with Crippen LogP contribution in [0.25, 0.3) is 0 Å². The molecule has 2 heteroatoms. The lowest BCUT2D eigenvalue weighted by atomic mass is 10.2. The maximum atomic E-state index is 3.89. The summed E-state index contributed by atoms with van der Waals surface area (Å²) < 4.78 is 0. The topological polar surface area (TPSA) is 24.7 Å². The van der Waals surface area contributed by atoms with Gasteiger partial charge in [-0.2, -0.15) is 10.2 Å². The minimum absolute atomic E-state index is 0.705. The highest BCUT2D eigenvalue weighted by Crippen LogP contribution is 2.24. The first-order valence-electron chi connectivity index (χ1n) is 2.84. The molecule has 2 nitrogen and oxygen atoms in total. The summed E-state index contributed by atoms with van der Waals surface area (Å²) in [6.07, 6.45) is 0. The van der Waals surface area contributed by atoms with E-state index in [4.69, 9.17) is 0 Å². The Kier molecular flexibility index (Phi) is 0.859. The molecule has 1 aliphatic rings. The second-order valence-electron chi connectivity index (χ2n) is 1.93. The van der Waals surface area contributed by atoms with Crippen LogP contribution in [0.5, 0.6) is 0 Å². The van der Waals surface area contributed by atoms with Gasteiger partial charge in [-0.1, -0.05) is 12.1 Å². The highest BCUT2D eigenvalue weighted by atomic mass is 15.1. The van der Waals surface area contributed by atoms with Crippen LogP contribution in [0, 0.1) is 6.07 Å². The Balaban J connectivity index is 2.63. The Labute approximate surface area is 53.2 Å². The standard InChI is InChI=1S/C7H5N2/c1-2-4-7-6(3-1)5-8-9-7/h1-2,4H,5H2. The van der Waals surface area contributed by atoms with E-state index < -0.39 is 0 Å². The molecule has 0 N–H and O–H groups in total. The zero-order valence-electron chi connectivity index (χ0n) is 4.83. The summed E-state index contributed by atoms with van der Waals surface area (Å²) in [6.45, 7) is 0.705. The second kappa shape index (κ2) is 1.65. The third kappa shape index (κ3) is 0.633. The molecule has 1 aromatic rings. The lowest BCUT2D eigenvalue weighted by Gasteiger charge is -1.88. The van der Waals surface area contributed by atoms with Crippen molar-refractivity contribution in [1.82, 2.24) is 0 Å². The molecular formula is C7H5N2. The van der Waals surface area contributed by atoms with E-state index in [9.17, 15) is 0 Å². The number of fused-ring (bicyclic) bond motifs is 1. The Hall–Kier alpha value is -1.18. The smallest absolute Gasteiger partial charge is 0.0910 e. The number of nitrogens with zero attached hydrogens (tertiary/aromatic N) is 2. The SMILES string of the molecule is [c]1cccc2c1CN=N2. The molecule has 9 heavy (non-hydrogen) atoms. The molecule has 1 heterocycles. The van der Waals surface area contributed by atoms with Gasteiger partial charge in [0, 0.05) is 5.56 Å². The van der Waals surface area contributed by atoms with Crippen LogP contribution in [0.15, 0.2) is 28.4 Å². The van der Waals surface area contributed by atoms with Gasteiger partial charge < -0.3 is 0 Å². The number of hydrogen-bond acceptors (Lipinski definition) is 2. The van der Waals surface area contributed by atoms with Gasteiger partial charge in [-0.05, 0) is 12.1 Å². The van der Waals surface area contributed by atoms with Crippen molar-refractivity contribution in [3.8, 4) is 0 Å². The van der Waals surface area contributed by atoms with Gasteiger partial charge in [0.2, 0.25) is 0 Å². The van der Waals surface area contributed by atoms with E-state index in [1.807, 2.05) is 18.2 Å². The van der Waals surface area contributed by atoms with Crippen molar-refractivity contribution in [2.75, 3.05) is 0 Å². The molecule has 2 rings (SSSR count). The summed E-state index contributed by atoms with van der Waals surface area (Å²) in [5, 5.41) is 7.74. The summed E-state index contributed by atoms with van der Waals surface area (Å²) in [5.74, 6) is 0. The summed E-state index contributed by atoms with van der Waals surface area (Å²) >= 11 is 0. The third-order valence-corrected chi connectivity index (χ3v) is 1.32. The fraction of sp³-hybridized carbons (Fsp3) is 0.143. The van der Waals surface area contributed by atoms with Gasteiger partial charge in [0.05, 0.1) is 12.2 Å². The van der Waals surface area contributed by atoms with Crippen molar-refractivity contribution in [3.05, 3.63) is 29.8 Å².